The number of nitrogens with zero attached hydrogens (tertiary/aromatic N) is 1. The Morgan fingerprint density at radius 2 is 2.16 bits per heavy atom. The van der Waals surface area contributed by atoms with Gasteiger partial charge in [-0.15, -0.1) is 0 Å². The summed E-state index contributed by atoms with van der Waals surface area (Å²) < 4.78 is 11.2. The molecule has 3 heteroatoms. The first-order chi connectivity index (χ1) is 9.19. The van der Waals surface area contributed by atoms with Gasteiger partial charge in [0.25, 0.3) is 0 Å². The number of likely N-dealkylation sites (tertiary alicyclic amines) is 1. The molecule has 1 atom stereocenters. The molecule has 19 heavy (non-hydrogen) atoms. The van der Waals surface area contributed by atoms with Gasteiger partial charge in [-0.05, 0) is 49.9 Å². The molecule has 1 aromatic carbocycles. The van der Waals surface area contributed by atoms with E-state index < -0.39 is 0 Å². The van der Waals surface area contributed by atoms with E-state index >= 15 is 0 Å². The molecular formula is C16H25NO2. The van der Waals surface area contributed by atoms with Gasteiger partial charge in [0, 0.05) is 13.1 Å². The molecule has 0 aliphatic carbocycles. The second-order valence-electron chi connectivity index (χ2n) is 5.55. The van der Waals surface area contributed by atoms with E-state index in [9.17, 15) is 0 Å². The van der Waals surface area contributed by atoms with Gasteiger partial charge >= 0.3 is 0 Å². The summed E-state index contributed by atoms with van der Waals surface area (Å²) in [4.78, 5) is 2.49. The lowest BCUT2D eigenvalue weighted by atomic mass is 10.0. The fraction of sp³-hybridized carbons (Fsp3) is 0.625. The van der Waals surface area contributed by atoms with E-state index in [4.69, 9.17) is 9.47 Å². The number of benzene rings is 1. The standard InChI is InChI=1S/C16H25NO2/c1-13-6-7-15(16(11-13)18-3)19-10-9-17-8-4-5-14(2)12-17/h6-7,11,14H,4-5,8-10,12H2,1-3H3/t14-/m1/s1. The molecule has 0 aromatic heterocycles. The van der Waals surface area contributed by atoms with Crippen molar-refractivity contribution < 1.29 is 9.47 Å². The number of ether oxygens (including phenoxy) is 2. The summed E-state index contributed by atoms with van der Waals surface area (Å²) in [6.45, 7) is 8.53. The Labute approximate surface area is 116 Å². The molecule has 1 heterocycles. The van der Waals surface area contributed by atoms with Crippen molar-refractivity contribution in [3.05, 3.63) is 23.8 Å². The molecule has 0 bridgehead atoms. The van der Waals surface area contributed by atoms with E-state index in [1.165, 1.54) is 31.5 Å². The largest absolute Gasteiger partial charge is 0.493 e. The fourth-order valence-electron chi connectivity index (χ4n) is 2.67. The number of piperidine rings is 1. The first-order valence-corrected chi connectivity index (χ1v) is 7.19. The molecule has 0 radical (unpaired) electrons. The van der Waals surface area contributed by atoms with E-state index in [0.717, 1.165) is 30.6 Å². The zero-order valence-corrected chi connectivity index (χ0v) is 12.3. The van der Waals surface area contributed by atoms with Crippen LogP contribution >= 0.6 is 0 Å². The molecule has 0 unspecified atom stereocenters. The Kier molecular flexibility index (Phi) is 5.08. The first kappa shape index (κ1) is 14.2. The minimum absolute atomic E-state index is 0.728. The molecule has 0 N–H and O–H groups in total. The lowest BCUT2D eigenvalue weighted by Crippen LogP contribution is -2.37. The SMILES string of the molecule is COc1cc(C)ccc1OCCN1CCC[C@@H](C)C1. The van der Waals surface area contributed by atoms with Crippen LogP contribution in [0.1, 0.15) is 25.3 Å². The Morgan fingerprint density at radius 3 is 2.89 bits per heavy atom. The van der Waals surface area contributed by atoms with Gasteiger partial charge in [0.1, 0.15) is 6.61 Å². The van der Waals surface area contributed by atoms with Crippen molar-refractivity contribution in [3.8, 4) is 11.5 Å². The van der Waals surface area contributed by atoms with E-state index in [1.54, 1.807) is 7.11 Å². The topological polar surface area (TPSA) is 21.7 Å². The molecule has 1 fully saturated rings. The Bertz CT molecular complexity index is 406. The van der Waals surface area contributed by atoms with Crippen LogP contribution in [0.5, 0.6) is 11.5 Å². The monoisotopic (exact) mass is 263 g/mol. The van der Waals surface area contributed by atoms with Gasteiger partial charge in [-0.2, -0.15) is 0 Å². The predicted molar refractivity (Wildman–Crippen MR) is 78.1 cm³/mol. The Morgan fingerprint density at radius 1 is 1.32 bits per heavy atom. The summed E-state index contributed by atoms with van der Waals surface area (Å²) in [5, 5.41) is 0. The molecule has 1 aliphatic heterocycles. The van der Waals surface area contributed by atoms with Crippen molar-refractivity contribution in [2.24, 2.45) is 5.92 Å². The molecule has 1 aromatic rings. The summed E-state index contributed by atoms with van der Waals surface area (Å²) in [7, 11) is 1.69. The number of hydrogen-bond donors (Lipinski definition) is 0. The highest BCUT2D eigenvalue weighted by atomic mass is 16.5. The van der Waals surface area contributed by atoms with Crippen molar-refractivity contribution in [1.82, 2.24) is 4.90 Å². The predicted octanol–water partition coefficient (Wildman–Crippen LogP) is 3.11. The third-order valence-electron chi connectivity index (χ3n) is 3.73. The van der Waals surface area contributed by atoms with Gasteiger partial charge in [-0.3, -0.25) is 4.90 Å². The fourth-order valence-corrected chi connectivity index (χ4v) is 2.67. The summed E-state index contributed by atoms with van der Waals surface area (Å²) >= 11 is 0. The van der Waals surface area contributed by atoms with Gasteiger partial charge in [-0.25, -0.2) is 0 Å². The molecule has 1 aliphatic rings. The number of methoxy groups -OCH3 is 1. The van der Waals surface area contributed by atoms with Crippen LogP contribution in [0.15, 0.2) is 18.2 Å². The molecule has 106 valence electrons. The summed E-state index contributed by atoms with van der Waals surface area (Å²) in [5.41, 5.74) is 1.19. The average molecular weight is 263 g/mol. The van der Waals surface area contributed by atoms with Crippen molar-refractivity contribution in [2.75, 3.05) is 33.4 Å². The highest BCUT2D eigenvalue weighted by Gasteiger charge is 2.15. The number of hydrogen-bond acceptors (Lipinski definition) is 3. The zero-order chi connectivity index (χ0) is 13.7. The molecule has 1 saturated heterocycles. The Hall–Kier alpha value is -1.22. The molecule has 2 rings (SSSR count). The van der Waals surface area contributed by atoms with Crippen molar-refractivity contribution in [1.29, 1.82) is 0 Å². The summed E-state index contributed by atoms with van der Waals surface area (Å²) in [5.74, 6) is 2.49. The minimum Gasteiger partial charge on any atom is -0.493 e. The van der Waals surface area contributed by atoms with Crippen LogP contribution < -0.4 is 9.47 Å². The van der Waals surface area contributed by atoms with Crippen molar-refractivity contribution in [3.63, 3.8) is 0 Å². The van der Waals surface area contributed by atoms with Crippen LogP contribution in [0.4, 0.5) is 0 Å². The van der Waals surface area contributed by atoms with E-state index in [0.29, 0.717) is 0 Å². The maximum atomic E-state index is 5.85. The summed E-state index contributed by atoms with van der Waals surface area (Å²) in [6, 6.07) is 6.06. The van der Waals surface area contributed by atoms with Gasteiger partial charge in [0.15, 0.2) is 11.5 Å². The smallest absolute Gasteiger partial charge is 0.161 e. The van der Waals surface area contributed by atoms with Gasteiger partial charge in [-0.1, -0.05) is 13.0 Å². The first-order valence-electron chi connectivity index (χ1n) is 7.19. The third-order valence-corrected chi connectivity index (χ3v) is 3.73. The van der Waals surface area contributed by atoms with E-state index in [1.807, 2.05) is 12.1 Å². The molecule has 0 spiro atoms. The highest BCUT2D eigenvalue weighted by molar-refractivity contribution is 5.42. The van der Waals surface area contributed by atoms with Crippen LogP contribution in [0.25, 0.3) is 0 Å². The second kappa shape index (κ2) is 6.80. The van der Waals surface area contributed by atoms with Crippen LogP contribution in [0.2, 0.25) is 0 Å². The quantitative estimate of drug-likeness (QED) is 0.814. The van der Waals surface area contributed by atoms with Crippen LogP contribution in [-0.4, -0.2) is 38.3 Å². The van der Waals surface area contributed by atoms with Gasteiger partial charge < -0.3 is 9.47 Å². The van der Waals surface area contributed by atoms with Gasteiger partial charge in [0.05, 0.1) is 7.11 Å². The lowest BCUT2D eigenvalue weighted by Gasteiger charge is -2.30. The Balaban J connectivity index is 1.82. The minimum atomic E-state index is 0.728. The van der Waals surface area contributed by atoms with Crippen molar-refractivity contribution >= 4 is 0 Å². The lowest BCUT2D eigenvalue weighted by molar-refractivity contribution is 0.152. The molecule has 3 nitrogen and oxygen atoms in total. The van der Waals surface area contributed by atoms with E-state index in [-0.39, 0.29) is 0 Å². The van der Waals surface area contributed by atoms with Gasteiger partial charge in [0.2, 0.25) is 0 Å². The van der Waals surface area contributed by atoms with Crippen LogP contribution in [0.3, 0.4) is 0 Å². The molecule has 0 saturated carbocycles. The van der Waals surface area contributed by atoms with Crippen LogP contribution in [-0.2, 0) is 0 Å². The third kappa shape index (κ3) is 4.13. The molecule has 0 amide bonds. The maximum Gasteiger partial charge on any atom is 0.161 e. The number of rotatable bonds is 5. The number of aryl methyl sites for hydroxylation is 1. The maximum absolute atomic E-state index is 5.85. The van der Waals surface area contributed by atoms with Crippen molar-refractivity contribution in [2.45, 2.75) is 26.7 Å². The molecular weight excluding hydrogens is 238 g/mol. The zero-order valence-electron chi connectivity index (χ0n) is 12.3. The normalized spacial score (nSPS) is 20.3. The summed E-state index contributed by atoms with van der Waals surface area (Å²) in [6.07, 6.45) is 2.68. The second-order valence-corrected chi connectivity index (χ2v) is 5.55. The van der Waals surface area contributed by atoms with Crippen LogP contribution in [0, 0.1) is 12.8 Å². The van der Waals surface area contributed by atoms with E-state index in [2.05, 4.69) is 24.8 Å². The average Bonchev–Trinajstić information content (AvgIpc) is 2.40. The highest BCUT2D eigenvalue weighted by Crippen LogP contribution is 2.27.